The summed E-state index contributed by atoms with van der Waals surface area (Å²) in [7, 11) is 0. The lowest BCUT2D eigenvalue weighted by atomic mass is 10.3. The SMILES string of the molecule is CSc1cccc(NC(=O)[C@H](C)Sc2ccc(Cl)cc2)c1. The summed E-state index contributed by atoms with van der Waals surface area (Å²) in [5, 5.41) is 3.47. The molecule has 0 spiro atoms. The molecule has 2 nitrogen and oxygen atoms in total. The lowest BCUT2D eigenvalue weighted by molar-refractivity contribution is -0.115. The van der Waals surface area contributed by atoms with E-state index < -0.39 is 0 Å². The van der Waals surface area contributed by atoms with Gasteiger partial charge in [0.15, 0.2) is 0 Å². The summed E-state index contributed by atoms with van der Waals surface area (Å²) >= 11 is 9.02. The molecular formula is C16H16ClNOS2. The van der Waals surface area contributed by atoms with Gasteiger partial charge in [-0.3, -0.25) is 4.79 Å². The summed E-state index contributed by atoms with van der Waals surface area (Å²) in [6.45, 7) is 1.90. The van der Waals surface area contributed by atoms with Crippen LogP contribution in [0, 0.1) is 0 Å². The molecule has 2 aromatic rings. The second-order valence-corrected chi connectivity index (χ2v) is 7.17. The van der Waals surface area contributed by atoms with Crippen LogP contribution < -0.4 is 5.32 Å². The van der Waals surface area contributed by atoms with Gasteiger partial charge in [0, 0.05) is 20.5 Å². The van der Waals surface area contributed by atoms with E-state index in [0.717, 1.165) is 15.5 Å². The highest BCUT2D eigenvalue weighted by Crippen LogP contribution is 2.26. The van der Waals surface area contributed by atoms with Crippen molar-refractivity contribution in [1.82, 2.24) is 0 Å². The molecule has 1 amide bonds. The van der Waals surface area contributed by atoms with Crippen LogP contribution in [-0.2, 0) is 4.79 Å². The van der Waals surface area contributed by atoms with Gasteiger partial charge in [0.05, 0.1) is 5.25 Å². The first-order chi connectivity index (χ1) is 10.1. The highest BCUT2D eigenvalue weighted by atomic mass is 35.5. The number of nitrogens with one attached hydrogen (secondary N) is 1. The van der Waals surface area contributed by atoms with Crippen LogP contribution >= 0.6 is 35.1 Å². The number of halogens is 1. The summed E-state index contributed by atoms with van der Waals surface area (Å²) in [5.74, 6) is -0.00629. The fourth-order valence-corrected chi connectivity index (χ4v) is 3.17. The van der Waals surface area contributed by atoms with Gasteiger partial charge in [-0.05, 0) is 55.6 Å². The van der Waals surface area contributed by atoms with Gasteiger partial charge in [-0.25, -0.2) is 0 Å². The average molecular weight is 338 g/mol. The number of carbonyl (C=O) groups is 1. The third-order valence-corrected chi connectivity index (χ3v) is 4.92. The van der Waals surface area contributed by atoms with E-state index >= 15 is 0 Å². The maximum absolute atomic E-state index is 12.2. The van der Waals surface area contributed by atoms with Crippen LogP contribution in [0.15, 0.2) is 58.3 Å². The van der Waals surface area contributed by atoms with Gasteiger partial charge in [-0.1, -0.05) is 17.7 Å². The molecule has 1 atom stereocenters. The molecule has 0 aliphatic rings. The fraction of sp³-hybridized carbons (Fsp3) is 0.188. The minimum absolute atomic E-state index is 0.00629. The Hall–Kier alpha value is -1.10. The lowest BCUT2D eigenvalue weighted by Gasteiger charge is -2.12. The number of thioether (sulfide) groups is 2. The molecule has 0 radical (unpaired) electrons. The van der Waals surface area contributed by atoms with Crippen molar-refractivity contribution in [3.8, 4) is 0 Å². The minimum atomic E-state index is -0.177. The van der Waals surface area contributed by atoms with Crippen LogP contribution in [0.5, 0.6) is 0 Å². The topological polar surface area (TPSA) is 29.1 Å². The van der Waals surface area contributed by atoms with Crippen molar-refractivity contribution in [1.29, 1.82) is 0 Å². The molecule has 0 aromatic heterocycles. The number of anilines is 1. The van der Waals surface area contributed by atoms with Crippen LogP contribution in [0.2, 0.25) is 5.02 Å². The molecule has 0 bridgehead atoms. The predicted octanol–water partition coefficient (Wildman–Crippen LogP) is 5.18. The minimum Gasteiger partial charge on any atom is -0.325 e. The number of amides is 1. The molecular weight excluding hydrogens is 322 g/mol. The van der Waals surface area contributed by atoms with E-state index in [4.69, 9.17) is 11.6 Å². The fourth-order valence-electron chi connectivity index (χ4n) is 1.72. The molecule has 2 rings (SSSR count). The van der Waals surface area contributed by atoms with Gasteiger partial charge >= 0.3 is 0 Å². The molecule has 110 valence electrons. The zero-order valence-corrected chi connectivity index (χ0v) is 14.2. The van der Waals surface area contributed by atoms with Crippen LogP contribution in [0.3, 0.4) is 0 Å². The first-order valence-corrected chi connectivity index (χ1v) is 8.94. The Bertz CT molecular complexity index is 616. The summed E-state index contributed by atoms with van der Waals surface area (Å²) in [6, 6.07) is 15.3. The van der Waals surface area contributed by atoms with Crippen LogP contribution in [0.1, 0.15) is 6.92 Å². The van der Waals surface area contributed by atoms with Gasteiger partial charge in [0.2, 0.25) is 5.91 Å². The Morgan fingerprint density at radius 3 is 2.52 bits per heavy atom. The van der Waals surface area contributed by atoms with E-state index in [1.165, 1.54) is 11.8 Å². The molecule has 2 aromatic carbocycles. The van der Waals surface area contributed by atoms with E-state index in [1.54, 1.807) is 11.8 Å². The highest BCUT2D eigenvalue weighted by Gasteiger charge is 2.14. The average Bonchev–Trinajstić information content (AvgIpc) is 2.49. The van der Waals surface area contributed by atoms with Crippen molar-refractivity contribution in [2.45, 2.75) is 22.0 Å². The molecule has 0 aliphatic carbocycles. The van der Waals surface area contributed by atoms with E-state index in [2.05, 4.69) is 5.32 Å². The first kappa shape index (κ1) is 16.3. The maximum atomic E-state index is 12.2. The molecule has 0 aliphatic heterocycles. The Balaban J connectivity index is 1.97. The second-order valence-electron chi connectivity index (χ2n) is 4.44. The molecule has 0 unspecified atom stereocenters. The van der Waals surface area contributed by atoms with E-state index in [1.807, 2.05) is 61.7 Å². The Morgan fingerprint density at radius 1 is 1.14 bits per heavy atom. The van der Waals surface area contributed by atoms with Gasteiger partial charge in [-0.2, -0.15) is 0 Å². The largest absolute Gasteiger partial charge is 0.325 e. The Labute approximate surface area is 138 Å². The van der Waals surface area contributed by atoms with Crippen molar-refractivity contribution in [2.24, 2.45) is 0 Å². The van der Waals surface area contributed by atoms with Crippen molar-refractivity contribution in [3.05, 3.63) is 53.6 Å². The summed E-state index contributed by atoms with van der Waals surface area (Å²) in [6.07, 6.45) is 2.01. The summed E-state index contributed by atoms with van der Waals surface area (Å²) in [5.41, 5.74) is 0.829. The van der Waals surface area contributed by atoms with E-state index in [9.17, 15) is 4.79 Å². The van der Waals surface area contributed by atoms with Crippen LogP contribution in [0.4, 0.5) is 5.69 Å². The van der Waals surface area contributed by atoms with Gasteiger partial charge in [0.1, 0.15) is 0 Å². The molecule has 0 saturated heterocycles. The smallest absolute Gasteiger partial charge is 0.237 e. The third kappa shape index (κ3) is 4.99. The molecule has 21 heavy (non-hydrogen) atoms. The van der Waals surface area contributed by atoms with Crippen molar-refractivity contribution in [2.75, 3.05) is 11.6 Å². The van der Waals surface area contributed by atoms with Crippen molar-refractivity contribution < 1.29 is 4.79 Å². The molecule has 0 saturated carbocycles. The second kappa shape index (κ2) is 7.78. The third-order valence-electron chi connectivity index (χ3n) is 2.83. The number of rotatable bonds is 5. The van der Waals surface area contributed by atoms with E-state index in [-0.39, 0.29) is 11.2 Å². The van der Waals surface area contributed by atoms with Gasteiger partial charge in [0.25, 0.3) is 0 Å². The van der Waals surface area contributed by atoms with Gasteiger partial charge in [-0.15, -0.1) is 23.5 Å². The normalized spacial score (nSPS) is 12.0. The van der Waals surface area contributed by atoms with Crippen LogP contribution in [0.25, 0.3) is 0 Å². The van der Waals surface area contributed by atoms with Crippen LogP contribution in [-0.4, -0.2) is 17.4 Å². The molecule has 0 fully saturated rings. The molecule has 5 heteroatoms. The van der Waals surface area contributed by atoms with Gasteiger partial charge < -0.3 is 5.32 Å². The Morgan fingerprint density at radius 2 is 1.86 bits per heavy atom. The number of carbonyl (C=O) groups excluding carboxylic acids is 1. The molecule has 1 N–H and O–H groups in total. The maximum Gasteiger partial charge on any atom is 0.237 e. The Kier molecular flexibility index (Phi) is 6.03. The standard InChI is InChI=1S/C16H16ClNOS2/c1-11(21-14-8-6-12(17)7-9-14)16(19)18-13-4-3-5-15(10-13)20-2/h3-11H,1-2H3,(H,18,19)/t11-/m0/s1. The monoisotopic (exact) mass is 337 g/mol. The summed E-state index contributed by atoms with van der Waals surface area (Å²) in [4.78, 5) is 14.4. The lowest BCUT2D eigenvalue weighted by Crippen LogP contribution is -2.22. The molecule has 0 heterocycles. The first-order valence-electron chi connectivity index (χ1n) is 6.45. The number of hydrogen-bond acceptors (Lipinski definition) is 3. The number of hydrogen-bond donors (Lipinski definition) is 1. The zero-order valence-electron chi connectivity index (χ0n) is 11.8. The predicted molar refractivity (Wildman–Crippen MR) is 93.6 cm³/mol. The van der Waals surface area contributed by atoms with Crippen molar-refractivity contribution >= 4 is 46.7 Å². The van der Waals surface area contributed by atoms with E-state index in [0.29, 0.717) is 5.02 Å². The van der Waals surface area contributed by atoms with Crippen molar-refractivity contribution in [3.63, 3.8) is 0 Å². The quantitative estimate of drug-likeness (QED) is 0.762. The summed E-state index contributed by atoms with van der Waals surface area (Å²) < 4.78 is 0. The number of benzene rings is 2. The zero-order chi connectivity index (χ0) is 15.2. The highest BCUT2D eigenvalue weighted by molar-refractivity contribution is 8.00.